The second kappa shape index (κ2) is 15.2. The second-order valence-electron chi connectivity index (χ2n) is 4.99. The molecule has 0 heterocycles. The minimum absolute atomic E-state index is 0. The van der Waals surface area contributed by atoms with E-state index in [9.17, 15) is 9.18 Å². The normalized spacial score (nSPS) is 10.8. The summed E-state index contributed by atoms with van der Waals surface area (Å²) in [6.45, 7) is 3.69. The molecular formula is C17H27FIN3O2S. The van der Waals surface area contributed by atoms with Crippen LogP contribution in [0.3, 0.4) is 0 Å². The largest absolute Gasteiger partial charge is 0.466 e. The van der Waals surface area contributed by atoms with Crippen LogP contribution in [0.15, 0.2) is 34.2 Å². The molecule has 5 nitrogen and oxygen atoms in total. The van der Waals surface area contributed by atoms with Crippen molar-refractivity contribution in [1.29, 1.82) is 0 Å². The zero-order valence-corrected chi connectivity index (χ0v) is 17.9. The van der Waals surface area contributed by atoms with Crippen molar-refractivity contribution in [3.05, 3.63) is 30.1 Å². The number of nitrogens with zero attached hydrogens (tertiary/aromatic N) is 1. The summed E-state index contributed by atoms with van der Waals surface area (Å²) in [5.41, 5.74) is 0. The molecule has 0 saturated carbocycles. The van der Waals surface area contributed by atoms with Gasteiger partial charge in [-0.25, -0.2) is 4.39 Å². The van der Waals surface area contributed by atoms with Crippen molar-refractivity contribution < 1.29 is 13.9 Å². The first-order valence-electron chi connectivity index (χ1n) is 8.14. The Morgan fingerprint density at radius 1 is 1.20 bits per heavy atom. The minimum atomic E-state index is -0.209. The van der Waals surface area contributed by atoms with Crippen LogP contribution in [-0.4, -0.2) is 44.4 Å². The highest BCUT2D eigenvalue weighted by Crippen LogP contribution is 2.18. The average molecular weight is 483 g/mol. The third-order valence-electron chi connectivity index (χ3n) is 3.07. The molecule has 25 heavy (non-hydrogen) atoms. The Morgan fingerprint density at radius 3 is 2.44 bits per heavy atom. The Hall–Kier alpha value is -1.03. The number of guanidine groups is 1. The van der Waals surface area contributed by atoms with Crippen LogP contribution in [0.5, 0.6) is 0 Å². The van der Waals surface area contributed by atoms with Gasteiger partial charge in [-0.2, -0.15) is 0 Å². The number of ether oxygens (including phenoxy) is 1. The maximum absolute atomic E-state index is 12.8. The van der Waals surface area contributed by atoms with Crippen LogP contribution in [0.1, 0.15) is 26.2 Å². The lowest BCUT2D eigenvalue weighted by atomic mass is 10.3. The molecule has 2 N–H and O–H groups in total. The van der Waals surface area contributed by atoms with Gasteiger partial charge in [-0.1, -0.05) is 0 Å². The van der Waals surface area contributed by atoms with Crippen molar-refractivity contribution in [1.82, 2.24) is 10.6 Å². The molecule has 0 amide bonds. The van der Waals surface area contributed by atoms with Gasteiger partial charge in [-0.05, 0) is 49.8 Å². The van der Waals surface area contributed by atoms with E-state index in [2.05, 4.69) is 15.6 Å². The van der Waals surface area contributed by atoms with E-state index in [1.165, 1.54) is 12.1 Å². The average Bonchev–Trinajstić information content (AvgIpc) is 2.58. The van der Waals surface area contributed by atoms with Crippen molar-refractivity contribution >= 4 is 47.7 Å². The molecule has 0 atom stereocenters. The van der Waals surface area contributed by atoms with Crippen LogP contribution in [0.2, 0.25) is 0 Å². The van der Waals surface area contributed by atoms with Crippen LogP contribution in [-0.2, 0) is 9.53 Å². The standard InChI is InChI=1S/C17H26FN3O2S.HI/c1-3-23-16(22)6-4-11-20-17(19-2)21-12-5-13-24-15-9-7-14(18)8-10-15;/h7-10H,3-6,11-13H2,1-2H3,(H2,19,20,21);1H. The monoisotopic (exact) mass is 483 g/mol. The van der Waals surface area contributed by atoms with E-state index in [0.717, 1.165) is 29.6 Å². The molecular weight excluding hydrogens is 456 g/mol. The number of rotatable bonds is 10. The summed E-state index contributed by atoms with van der Waals surface area (Å²) >= 11 is 1.70. The Balaban J connectivity index is 0.00000576. The van der Waals surface area contributed by atoms with Gasteiger partial charge >= 0.3 is 5.97 Å². The topological polar surface area (TPSA) is 62.7 Å². The zero-order valence-electron chi connectivity index (χ0n) is 14.7. The van der Waals surface area contributed by atoms with Gasteiger partial charge in [0.05, 0.1) is 6.61 Å². The van der Waals surface area contributed by atoms with Gasteiger partial charge in [0, 0.05) is 31.5 Å². The van der Waals surface area contributed by atoms with E-state index in [1.807, 2.05) is 0 Å². The number of aliphatic imine (C=N–C) groups is 1. The number of hydrogen-bond acceptors (Lipinski definition) is 4. The van der Waals surface area contributed by atoms with Crippen molar-refractivity contribution in [2.45, 2.75) is 31.1 Å². The molecule has 8 heteroatoms. The molecule has 1 aromatic carbocycles. The molecule has 0 saturated heterocycles. The predicted octanol–water partition coefficient (Wildman–Crippen LogP) is 3.43. The van der Waals surface area contributed by atoms with E-state index in [0.29, 0.717) is 26.0 Å². The molecule has 142 valence electrons. The quantitative estimate of drug-likeness (QED) is 0.133. The minimum Gasteiger partial charge on any atom is -0.466 e. The third-order valence-corrected chi connectivity index (χ3v) is 4.17. The summed E-state index contributed by atoms with van der Waals surface area (Å²) in [7, 11) is 1.72. The first kappa shape index (κ1) is 24.0. The highest BCUT2D eigenvalue weighted by Gasteiger charge is 2.02. The number of carbonyl (C=O) groups is 1. The van der Waals surface area contributed by atoms with Crippen LogP contribution in [0, 0.1) is 5.82 Å². The smallest absolute Gasteiger partial charge is 0.305 e. The molecule has 0 radical (unpaired) electrons. The number of benzene rings is 1. The second-order valence-corrected chi connectivity index (χ2v) is 6.16. The fourth-order valence-corrected chi connectivity index (χ4v) is 2.75. The number of nitrogens with one attached hydrogen (secondary N) is 2. The van der Waals surface area contributed by atoms with Gasteiger partial charge in [0.15, 0.2) is 5.96 Å². The fraction of sp³-hybridized carbons (Fsp3) is 0.529. The summed E-state index contributed by atoms with van der Waals surface area (Å²) in [5.74, 6) is 1.29. The first-order chi connectivity index (χ1) is 11.7. The lowest BCUT2D eigenvalue weighted by Crippen LogP contribution is -2.38. The van der Waals surface area contributed by atoms with Crippen molar-refractivity contribution in [3.63, 3.8) is 0 Å². The van der Waals surface area contributed by atoms with E-state index in [1.54, 1.807) is 37.9 Å². The van der Waals surface area contributed by atoms with Gasteiger partial charge in [0.1, 0.15) is 5.82 Å². The highest BCUT2D eigenvalue weighted by atomic mass is 127. The van der Waals surface area contributed by atoms with Crippen LogP contribution >= 0.6 is 35.7 Å². The Morgan fingerprint density at radius 2 is 1.84 bits per heavy atom. The van der Waals surface area contributed by atoms with Gasteiger partial charge in [-0.3, -0.25) is 9.79 Å². The molecule has 1 rings (SSSR count). The molecule has 1 aromatic rings. The lowest BCUT2D eigenvalue weighted by Gasteiger charge is -2.11. The van der Waals surface area contributed by atoms with Crippen LogP contribution in [0.25, 0.3) is 0 Å². The molecule has 0 spiro atoms. The van der Waals surface area contributed by atoms with Crippen molar-refractivity contribution in [2.75, 3.05) is 32.5 Å². The molecule has 0 aliphatic rings. The van der Waals surface area contributed by atoms with Crippen LogP contribution < -0.4 is 10.6 Å². The zero-order chi connectivity index (χ0) is 17.6. The first-order valence-corrected chi connectivity index (χ1v) is 9.12. The molecule has 0 fully saturated rings. The maximum atomic E-state index is 12.8. The molecule has 0 aliphatic heterocycles. The molecule has 0 bridgehead atoms. The van der Waals surface area contributed by atoms with Crippen molar-refractivity contribution in [2.24, 2.45) is 4.99 Å². The van der Waals surface area contributed by atoms with Gasteiger partial charge in [0.25, 0.3) is 0 Å². The Kier molecular flexibility index (Phi) is 14.6. The number of halogens is 2. The highest BCUT2D eigenvalue weighted by molar-refractivity contribution is 14.0. The van der Waals surface area contributed by atoms with Gasteiger partial charge in [-0.15, -0.1) is 35.7 Å². The van der Waals surface area contributed by atoms with E-state index >= 15 is 0 Å². The van der Waals surface area contributed by atoms with E-state index < -0.39 is 0 Å². The number of esters is 1. The summed E-state index contributed by atoms with van der Waals surface area (Å²) in [6, 6.07) is 6.53. The van der Waals surface area contributed by atoms with E-state index in [-0.39, 0.29) is 35.8 Å². The summed E-state index contributed by atoms with van der Waals surface area (Å²) < 4.78 is 17.7. The van der Waals surface area contributed by atoms with E-state index in [4.69, 9.17) is 4.74 Å². The molecule has 0 aliphatic carbocycles. The molecule has 0 unspecified atom stereocenters. The fourth-order valence-electron chi connectivity index (χ4n) is 1.89. The summed E-state index contributed by atoms with van der Waals surface area (Å²) in [6.07, 6.45) is 2.08. The maximum Gasteiger partial charge on any atom is 0.305 e. The third kappa shape index (κ3) is 12.0. The van der Waals surface area contributed by atoms with Gasteiger partial charge < -0.3 is 15.4 Å². The number of carbonyl (C=O) groups excluding carboxylic acids is 1. The Labute approximate surface area is 170 Å². The predicted molar refractivity (Wildman–Crippen MR) is 112 cm³/mol. The van der Waals surface area contributed by atoms with Gasteiger partial charge in [0.2, 0.25) is 0 Å². The molecule has 0 aromatic heterocycles. The number of hydrogen-bond donors (Lipinski definition) is 2. The Bertz CT molecular complexity index is 515. The number of thioether (sulfide) groups is 1. The van der Waals surface area contributed by atoms with Crippen molar-refractivity contribution in [3.8, 4) is 0 Å². The summed E-state index contributed by atoms with van der Waals surface area (Å²) in [4.78, 5) is 16.4. The lowest BCUT2D eigenvalue weighted by molar-refractivity contribution is -0.143. The van der Waals surface area contributed by atoms with Crippen LogP contribution in [0.4, 0.5) is 4.39 Å². The SMILES string of the molecule is CCOC(=O)CCCNC(=NC)NCCCSc1ccc(F)cc1.I. The summed E-state index contributed by atoms with van der Waals surface area (Å²) in [5, 5.41) is 6.39.